The summed E-state index contributed by atoms with van der Waals surface area (Å²) in [6, 6.07) is 6.99. The van der Waals surface area contributed by atoms with Gasteiger partial charge in [0.15, 0.2) is 0 Å². The molecule has 0 amide bonds. The lowest BCUT2D eigenvalue weighted by Gasteiger charge is -2.23. The molecule has 2 aliphatic rings. The fraction of sp³-hybridized carbons (Fsp3) is 0.571. The van der Waals surface area contributed by atoms with Gasteiger partial charge in [-0.1, -0.05) is 31.9 Å². The van der Waals surface area contributed by atoms with E-state index in [1.807, 2.05) is 0 Å². The van der Waals surface area contributed by atoms with E-state index in [0.717, 1.165) is 6.42 Å². The number of benzene rings is 1. The molecule has 0 unspecified atom stereocenters. The summed E-state index contributed by atoms with van der Waals surface area (Å²) in [5, 5.41) is 3.58. The molecule has 1 fully saturated rings. The Bertz CT molecular complexity index is 375. The third-order valence-corrected chi connectivity index (χ3v) is 4.24. The summed E-state index contributed by atoms with van der Waals surface area (Å²) in [6.45, 7) is 3.42. The summed E-state index contributed by atoms with van der Waals surface area (Å²) in [6.07, 6.45) is 6.76. The van der Waals surface area contributed by atoms with Gasteiger partial charge in [0.25, 0.3) is 0 Å². The molecular formula is C14H19N. The van der Waals surface area contributed by atoms with Crippen LogP contribution in [-0.4, -0.2) is 6.54 Å². The Morgan fingerprint density at radius 2 is 2.07 bits per heavy atom. The Morgan fingerprint density at radius 3 is 2.80 bits per heavy atom. The Morgan fingerprint density at radius 1 is 1.27 bits per heavy atom. The maximum atomic E-state index is 3.58. The molecule has 1 heteroatoms. The summed E-state index contributed by atoms with van der Waals surface area (Å²) in [4.78, 5) is 0. The molecule has 1 spiro atoms. The molecule has 1 aromatic carbocycles. The number of aryl methyl sites for hydroxylation is 1. The average molecular weight is 201 g/mol. The third-order valence-electron chi connectivity index (χ3n) is 4.24. The van der Waals surface area contributed by atoms with E-state index in [9.17, 15) is 0 Å². The Hall–Kier alpha value is -0.980. The highest BCUT2D eigenvalue weighted by Gasteiger charge is 2.40. The van der Waals surface area contributed by atoms with E-state index in [2.05, 4.69) is 30.4 Å². The molecule has 0 aromatic heterocycles. The van der Waals surface area contributed by atoms with Crippen molar-refractivity contribution in [3.05, 3.63) is 29.3 Å². The van der Waals surface area contributed by atoms with E-state index < -0.39 is 0 Å². The van der Waals surface area contributed by atoms with Gasteiger partial charge < -0.3 is 5.32 Å². The van der Waals surface area contributed by atoms with Gasteiger partial charge in [-0.05, 0) is 36.5 Å². The van der Waals surface area contributed by atoms with Crippen molar-refractivity contribution in [1.82, 2.24) is 0 Å². The fourth-order valence-electron chi connectivity index (χ4n) is 3.26. The Kier molecular flexibility index (Phi) is 2.01. The Labute approximate surface area is 91.9 Å². The van der Waals surface area contributed by atoms with E-state index in [-0.39, 0.29) is 0 Å². The first kappa shape index (κ1) is 9.26. The summed E-state index contributed by atoms with van der Waals surface area (Å²) in [7, 11) is 0. The van der Waals surface area contributed by atoms with Gasteiger partial charge in [0.1, 0.15) is 0 Å². The van der Waals surface area contributed by atoms with Crippen molar-refractivity contribution in [1.29, 1.82) is 0 Å². The van der Waals surface area contributed by atoms with E-state index in [0.29, 0.717) is 5.41 Å². The van der Waals surface area contributed by atoms with Crippen LogP contribution in [0.5, 0.6) is 0 Å². The van der Waals surface area contributed by atoms with Crippen LogP contribution >= 0.6 is 0 Å². The van der Waals surface area contributed by atoms with Crippen LogP contribution in [0.2, 0.25) is 0 Å². The van der Waals surface area contributed by atoms with Crippen LogP contribution in [-0.2, 0) is 11.8 Å². The van der Waals surface area contributed by atoms with Crippen molar-refractivity contribution in [2.24, 2.45) is 0 Å². The zero-order valence-corrected chi connectivity index (χ0v) is 9.47. The number of nitrogens with one attached hydrogen (secondary N) is 1. The molecule has 1 aromatic rings. The second kappa shape index (κ2) is 3.26. The van der Waals surface area contributed by atoms with Crippen LogP contribution in [0.4, 0.5) is 5.69 Å². The molecule has 80 valence electrons. The summed E-state index contributed by atoms with van der Waals surface area (Å²) in [5.74, 6) is 0. The molecule has 1 heterocycles. The minimum atomic E-state index is 0.501. The van der Waals surface area contributed by atoms with Crippen molar-refractivity contribution in [3.8, 4) is 0 Å². The number of rotatable bonds is 1. The highest BCUT2D eigenvalue weighted by atomic mass is 14.9. The van der Waals surface area contributed by atoms with E-state index in [4.69, 9.17) is 0 Å². The lowest BCUT2D eigenvalue weighted by molar-refractivity contribution is 0.489. The van der Waals surface area contributed by atoms with Crippen LogP contribution in [0.15, 0.2) is 18.2 Å². The molecular weight excluding hydrogens is 182 g/mol. The predicted octanol–water partition coefficient (Wildman–Crippen LogP) is 3.49. The van der Waals surface area contributed by atoms with Gasteiger partial charge in [0, 0.05) is 17.6 Å². The molecule has 1 saturated carbocycles. The maximum Gasteiger partial charge on any atom is 0.0379 e. The Balaban J connectivity index is 2.07. The molecule has 15 heavy (non-hydrogen) atoms. The van der Waals surface area contributed by atoms with Crippen LogP contribution in [0, 0.1) is 0 Å². The fourth-order valence-corrected chi connectivity index (χ4v) is 3.26. The third kappa shape index (κ3) is 1.29. The van der Waals surface area contributed by atoms with Crippen molar-refractivity contribution >= 4 is 5.69 Å². The first-order valence-corrected chi connectivity index (χ1v) is 6.21. The predicted molar refractivity (Wildman–Crippen MR) is 64.5 cm³/mol. The largest absolute Gasteiger partial charge is 0.384 e. The standard InChI is InChI=1S/C14H19N/c1-2-11-5-6-13-12(9-11)14(10-15-13)7-3-4-8-14/h5-6,9,15H,2-4,7-8,10H2,1H3. The average Bonchev–Trinajstić information content (AvgIpc) is 2.89. The molecule has 0 bridgehead atoms. The van der Waals surface area contributed by atoms with Crippen molar-refractivity contribution in [3.63, 3.8) is 0 Å². The lowest BCUT2D eigenvalue weighted by atomic mass is 9.80. The van der Waals surface area contributed by atoms with Gasteiger partial charge in [0.05, 0.1) is 0 Å². The summed E-state index contributed by atoms with van der Waals surface area (Å²) >= 11 is 0. The smallest absolute Gasteiger partial charge is 0.0379 e. The van der Waals surface area contributed by atoms with Gasteiger partial charge in [-0.2, -0.15) is 0 Å². The number of hydrogen-bond donors (Lipinski definition) is 1. The zero-order chi connectivity index (χ0) is 10.3. The minimum Gasteiger partial charge on any atom is -0.384 e. The second-order valence-corrected chi connectivity index (χ2v) is 5.07. The van der Waals surface area contributed by atoms with Crippen LogP contribution in [0.25, 0.3) is 0 Å². The first-order chi connectivity index (χ1) is 7.34. The monoisotopic (exact) mass is 201 g/mol. The molecule has 1 N–H and O–H groups in total. The van der Waals surface area contributed by atoms with Gasteiger partial charge in [-0.3, -0.25) is 0 Å². The van der Waals surface area contributed by atoms with E-state index >= 15 is 0 Å². The quantitative estimate of drug-likeness (QED) is 0.733. The molecule has 1 aliphatic carbocycles. The normalized spacial score (nSPS) is 21.7. The minimum absolute atomic E-state index is 0.501. The topological polar surface area (TPSA) is 12.0 Å². The van der Waals surface area contributed by atoms with Crippen LogP contribution < -0.4 is 5.32 Å². The number of hydrogen-bond acceptors (Lipinski definition) is 1. The highest BCUT2D eigenvalue weighted by molar-refractivity contribution is 5.61. The second-order valence-electron chi connectivity index (χ2n) is 5.07. The molecule has 1 nitrogen and oxygen atoms in total. The van der Waals surface area contributed by atoms with Crippen molar-refractivity contribution in [2.75, 3.05) is 11.9 Å². The summed E-state index contributed by atoms with van der Waals surface area (Å²) in [5.41, 5.74) is 5.00. The molecule has 0 saturated heterocycles. The van der Waals surface area contributed by atoms with Crippen molar-refractivity contribution in [2.45, 2.75) is 44.4 Å². The molecule has 3 rings (SSSR count). The van der Waals surface area contributed by atoms with E-state index in [1.165, 1.54) is 43.5 Å². The van der Waals surface area contributed by atoms with Gasteiger partial charge in [-0.15, -0.1) is 0 Å². The zero-order valence-electron chi connectivity index (χ0n) is 9.47. The SMILES string of the molecule is CCc1ccc2c(c1)C1(CCCC1)CN2. The number of fused-ring (bicyclic) bond motifs is 2. The first-order valence-electron chi connectivity index (χ1n) is 6.21. The lowest BCUT2D eigenvalue weighted by Crippen LogP contribution is -2.24. The summed E-state index contributed by atoms with van der Waals surface area (Å²) < 4.78 is 0. The van der Waals surface area contributed by atoms with Gasteiger partial charge in [0.2, 0.25) is 0 Å². The van der Waals surface area contributed by atoms with Crippen LogP contribution in [0.3, 0.4) is 0 Å². The molecule has 0 radical (unpaired) electrons. The van der Waals surface area contributed by atoms with Gasteiger partial charge >= 0.3 is 0 Å². The maximum absolute atomic E-state index is 3.58. The van der Waals surface area contributed by atoms with E-state index in [1.54, 1.807) is 5.56 Å². The van der Waals surface area contributed by atoms with Gasteiger partial charge in [-0.25, -0.2) is 0 Å². The highest BCUT2D eigenvalue weighted by Crippen LogP contribution is 2.48. The van der Waals surface area contributed by atoms with Crippen LogP contribution in [0.1, 0.15) is 43.7 Å². The van der Waals surface area contributed by atoms with Crippen molar-refractivity contribution < 1.29 is 0 Å². The molecule has 1 aliphatic heterocycles. The molecule has 0 atom stereocenters. The number of anilines is 1.